The van der Waals surface area contributed by atoms with Gasteiger partial charge in [0.15, 0.2) is 17.0 Å². The highest BCUT2D eigenvalue weighted by Crippen LogP contribution is 2.23. The average molecular weight is 628 g/mol. The van der Waals surface area contributed by atoms with Crippen LogP contribution in [0.1, 0.15) is 44.8 Å². The number of carbonyl (C=O) groups is 3. The van der Waals surface area contributed by atoms with Crippen LogP contribution in [0.5, 0.6) is 5.75 Å². The van der Waals surface area contributed by atoms with Crippen molar-refractivity contribution in [2.45, 2.75) is 31.7 Å². The van der Waals surface area contributed by atoms with E-state index < -0.39 is 23.8 Å². The van der Waals surface area contributed by atoms with Crippen LogP contribution in [0.15, 0.2) is 42.6 Å². The number of benzene rings is 2. The fourth-order valence-corrected chi connectivity index (χ4v) is 4.62. The maximum atomic E-state index is 12.9. The van der Waals surface area contributed by atoms with E-state index in [1.54, 1.807) is 24.4 Å². The fraction of sp³-hybridized carbons (Fsp3) is 0.214. The lowest BCUT2D eigenvalue weighted by Crippen LogP contribution is -2.41. The van der Waals surface area contributed by atoms with Crippen LogP contribution in [0.4, 0.5) is 17.5 Å². The molecular weight excluding hydrogens is 598 g/mol. The number of H-pyrrole nitrogens is 1. The number of tetrazole rings is 1. The lowest BCUT2D eigenvalue weighted by Gasteiger charge is -2.16. The van der Waals surface area contributed by atoms with Crippen molar-refractivity contribution < 1.29 is 24.6 Å². The third-order valence-electron chi connectivity index (χ3n) is 6.91. The number of hydrogen-bond acceptors (Lipinski definition) is 14. The Hall–Kier alpha value is -6.46. The van der Waals surface area contributed by atoms with Crippen molar-refractivity contribution in [2.24, 2.45) is 0 Å². The van der Waals surface area contributed by atoms with Gasteiger partial charge in [0.25, 0.3) is 11.8 Å². The molecule has 0 aliphatic heterocycles. The van der Waals surface area contributed by atoms with Gasteiger partial charge in [0, 0.05) is 17.8 Å². The number of nitrogens with zero attached hydrogens (tertiary/aromatic N) is 7. The van der Waals surface area contributed by atoms with Gasteiger partial charge in [-0.05, 0) is 66.8 Å². The number of phenols is 1. The summed E-state index contributed by atoms with van der Waals surface area (Å²) in [5.41, 5.74) is 20.2. The lowest BCUT2D eigenvalue weighted by atomic mass is 10.0. The second kappa shape index (κ2) is 13.5. The van der Waals surface area contributed by atoms with Gasteiger partial charge < -0.3 is 38.0 Å². The first-order chi connectivity index (χ1) is 22.1. The van der Waals surface area contributed by atoms with E-state index in [2.05, 4.69) is 51.2 Å². The third kappa shape index (κ3) is 7.18. The van der Waals surface area contributed by atoms with E-state index >= 15 is 0 Å². The zero-order valence-electron chi connectivity index (χ0n) is 24.1. The Kier molecular flexibility index (Phi) is 9.06. The number of nitrogens with one attached hydrogen (secondary N) is 3. The van der Waals surface area contributed by atoms with Crippen molar-refractivity contribution in [1.29, 1.82) is 0 Å². The zero-order chi connectivity index (χ0) is 32.8. The van der Waals surface area contributed by atoms with Crippen molar-refractivity contribution in [3.05, 3.63) is 65.0 Å². The van der Waals surface area contributed by atoms with Crippen LogP contribution in [0.3, 0.4) is 0 Å². The molecular formula is C28H29N13O5. The number of fused-ring (bicyclic) bond motifs is 1. The number of rotatable bonds is 12. The van der Waals surface area contributed by atoms with Crippen LogP contribution in [0.25, 0.3) is 22.6 Å². The number of aromatic hydroxyl groups is 1. The number of aliphatic carboxylic acids is 1. The van der Waals surface area contributed by atoms with Crippen molar-refractivity contribution in [1.82, 2.24) is 51.2 Å². The topological polar surface area (TPSA) is 300 Å². The zero-order valence-corrected chi connectivity index (χ0v) is 24.1. The summed E-state index contributed by atoms with van der Waals surface area (Å²) in [6, 6.07) is 7.83. The molecule has 0 aliphatic carbocycles. The minimum absolute atomic E-state index is 0.00254. The van der Waals surface area contributed by atoms with E-state index in [4.69, 9.17) is 17.2 Å². The van der Waals surface area contributed by atoms with E-state index in [9.17, 15) is 24.6 Å². The molecule has 18 nitrogen and oxygen atoms in total. The molecule has 5 aromatic rings. The van der Waals surface area contributed by atoms with Crippen molar-refractivity contribution in [3.63, 3.8) is 0 Å². The summed E-state index contributed by atoms with van der Waals surface area (Å²) in [6.45, 7) is 0.115. The van der Waals surface area contributed by atoms with Gasteiger partial charge >= 0.3 is 5.97 Å². The average Bonchev–Trinajstić information content (AvgIpc) is 3.56. The Balaban J connectivity index is 1.14. The Morgan fingerprint density at radius 3 is 2.50 bits per heavy atom. The number of phenolic OH excluding ortho intramolecular Hbond substituents is 1. The van der Waals surface area contributed by atoms with Crippen LogP contribution in [-0.4, -0.2) is 81.1 Å². The Labute approximate surface area is 259 Å². The van der Waals surface area contributed by atoms with E-state index in [-0.39, 0.29) is 59.5 Å². The molecule has 3 aromatic heterocycles. The molecule has 0 saturated carbocycles. The summed E-state index contributed by atoms with van der Waals surface area (Å²) in [6.07, 6.45) is 2.66. The molecule has 46 heavy (non-hydrogen) atoms. The second-order valence-corrected chi connectivity index (χ2v) is 10.2. The summed E-state index contributed by atoms with van der Waals surface area (Å²) >= 11 is 0. The van der Waals surface area contributed by atoms with Gasteiger partial charge in [-0.3, -0.25) is 9.59 Å². The summed E-state index contributed by atoms with van der Waals surface area (Å²) in [5, 5.41) is 39.0. The van der Waals surface area contributed by atoms with Gasteiger partial charge in [-0.25, -0.2) is 14.8 Å². The summed E-state index contributed by atoms with van der Waals surface area (Å²) < 4.78 is 0. The molecule has 0 saturated heterocycles. The van der Waals surface area contributed by atoms with Crippen molar-refractivity contribution in [2.75, 3.05) is 23.7 Å². The van der Waals surface area contributed by atoms with E-state index in [1.807, 2.05) is 0 Å². The Morgan fingerprint density at radius 1 is 0.957 bits per heavy atom. The molecule has 2 amide bonds. The number of carboxylic acid groups (broad SMARTS) is 1. The summed E-state index contributed by atoms with van der Waals surface area (Å²) in [4.78, 5) is 54.1. The van der Waals surface area contributed by atoms with Crippen LogP contribution in [-0.2, 0) is 17.6 Å². The molecule has 5 rings (SSSR count). The predicted molar refractivity (Wildman–Crippen MR) is 164 cm³/mol. The highest BCUT2D eigenvalue weighted by Gasteiger charge is 2.23. The van der Waals surface area contributed by atoms with Crippen LogP contribution >= 0.6 is 0 Å². The second-order valence-electron chi connectivity index (χ2n) is 10.2. The maximum Gasteiger partial charge on any atom is 0.326 e. The van der Waals surface area contributed by atoms with Gasteiger partial charge in [0.1, 0.15) is 11.8 Å². The number of carbonyl (C=O) groups excluding carboxylic acids is 2. The third-order valence-corrected chi connectivity index (χ3v) is 6.91. The molecule has 2 aromatic carbocycles. The normalized spacial score (nSPS) is 11.7. The number of aromatic amines is 1. The standard InChI is InChI=1S/C28H29N13O5/c29-14-5-8-16(18(11-14)23-38-40-41-39-23)25(43)32-9-1-2-19(27(45)46)35-26(44)17-7-4-13(10-20(17)42)3-6-15-12-33-24-21(34-15)22(30)36-28(31)37-24/h4-5,7-8,10-12,19,42H,1-3,6,9,29H2,(H,32,43)(H,35,44)(H,45,46)(H,38,39,40,41)(H4,30,31,33,36,37)/t19-/m0/s1. The largest absolute Gasteiger partial charge is 0.507 e. The SMILES string of the molecule is Nc1ccc(C(=O)NCCC[C@H](NC(=O)c2ccc(CCc3cnc4nc(N)nc(N)c4n3)cc2O)C(=O)O)c(-c2nn[nH]n2)c1. The molecule has 0 unspecified atom stereocenters. The molecule has 0 spiro atoms. The van der Waals surface area contributed by atoms with Gasteiger partial charge in [-0.15, -0.1) is 10.2 Å². The molecule has 0 fully saturated rings. The number of nitrogen functional groups attached to an aromatic ring is 3. The molecule has 1 atom stereocenters. The van der Waals surface area contributed by atoms with E-state index in [0.29, 0.717) is 40.9 Å². The molecule has 0 aliphatic rings. The summed E-state index contributed by atoms with van der Waals surface area (Å²) in [5.74, 6) is -2.49. The van der Waals surface area contributed by atoms with Crippen LogP contribution in [0.2, 0.25) is 0 Å². The Bertz CT molecular complexity index is 1920. The minimum Gasteiger partial charge on any atom is -0.507 e. The van der Waals surface area contributed by atoms with Crippen molar-refractivity contribution in [3.8, 4) is 17.1 Å². The highest BCUT2D eigenvalue weighted by molar-refractivity contribution is 6.01. The van der Waals surface area contributed by atoms with Crippen molar-refractivity contribution >= 4 is 46.4 Å². The van der Waals surface area contributed by atoms with Gasteiger partial charge in [-0.1, -0.05) is 6.07 Å². The number of anilines is 3. The molecule has 0 bridgehead atoms. The van der Waals surface area contributed by atoms with Gasteiger partial charge in [-0.2, -0.15) is 15.2 Å². The maximum absolute atomic E-state index is 12.9. The molecule has 0 radical (unpaired) electrons. The predicted octanol–water partition coefficient (Wildman–Crippen LogP) is 0.231. The van der Waals surface area contributed by atoms with Crippen LogP contribution < -0.4 is 27.8 Å². The molecule has 11 N–H and O–H groups in total. The first-order valence-corrected chi connectivity index (χ1v) is 13.9. The number of amides is 2. The molecule has 3 heterocycles. The minimum atomic E-state index is -1.27. The van der Waals surface area contributed by atoms with Crippen LogP contribution in [0, 0.1) is 0 Å². The van der Waals surface area contributed by atoms with Gasteiger partial charge in [0.05, 0.1) is 23.0 Å². The van der Waals surface area contributed by atoms with Gasteiger partial charge in [0.2, 0.25) is 11.8 Å². The monoisotopic (exact) mass is 627 g/mol. The van der Waals surface area contributed by atoms with E-state index in [0.717, 1.165) is 0 Å². The molecule has 236 valence electrons. The number of hydrogen-bond donors (Lipinski definition) is 8. The number of aryl methyl sites for hydroxylation is 2. The number of aromatic nitrogens is 8. The summed E-state index contributed by atoms with van der Waals surface area (Å²) in [7, 11) is 0. The number of carboxylic acids is 1. The first-order valence-electron chi connectivity index (χ1n) is 13.9. The molecule has 18 heteroatoms. The van der Waals surface area contributed by atoms with E-state index in [1.165, 1.54) is 18.2 Å². The fourth-order valence-electron chi connectivity index (χ4n) is 4.62. The Morgan fingerprint density at radius 2 is 1.76 bits per heavy atom. The lowest BCUT2D eigenvalue weighted by molar-refractivity contribution is -0.139. The first kappa shape index (κ1) is 31.0. The number of nitrogens with two attached hydrogens (primary N) is 3. The highest BCUT2D eigenvalue weighted by atomic mass is 16.4. The quantitative estimate of drug-likeness (QED) is 0.0678. The smallest absolute Gasteiger partial charge is 0.326 e.